The molecule has 3 aromatic rings. The topological polar surface area (TPSA) is 95.2 Å². The SMILES string of the molecule is CCC(C)NC(=O)Cn1c(=O)n(-c2ccccc2OC)c(=O)c2sc(SC)nc21. The van der Waals surface area contributed by atoms with E-state index in [4.69, 9.17) is 4.74 Å². The number of benzene rings is 1. The fourth-order valence-corrected chi connectivity index (χ4v) is 4.33. The van der Waals surface area contributed by atoms with E-state index in [1.54, 1.807) is 24.3 Å². The van der Waals surface area contributed by atoms with Gasteiger partial charge in [-0.05, 0) is 31.7 Å². The van der Waals surface area contributed by atoms with E-state index in [-0.39, 0.29) is 24.1 Å². The maximum absolute atomic E-state index is 13.3. The summed E-state index contributed by atoms with van der Waals surface area (Å²) in [4.78, 5) is 43.4. The molecule has 29 heavy (non-hydrogen) atoms. The summed E-state index contributed by atoms with van der Waals surface area (Å²) in [6.07, 6.45) is 2.61. The number of rotatable bonds is 7. The van der Waals surface area contributed by atoms with Crippen molar-refractivity contribution in [3.05, 3.63) is 45.1 Å². The van der Waals surface area contributed by atoms with Crippen molar-refractivity contribution >= 4 is 39.4 Å². The van der Waals surface area contributed by atoms with Crippen LogP contribution in [0.25, 0.3) is 16.0 Å². The molecule has 1 amide bonds. The second-order valence-electron chi connectivity index (χ2n) is 6.39. The zero-order valence-corrected chi connectivity index (χ0v) is 18.2. The Morgan fingerprint density at radius 3 is 2.72 bits per heavy atom. The van der Waals surface area contributed by atoms with Crippen LogP contribution in [0.5, 0.6) is 5.75 Å². The molecule has 0 radical (unpaired) electrons. The van der Waals surface area contributed by atoms with Gasteiger partial charge in [-0.3, -0.25) is 14.2 Å². The number of fused-ring (bicyclic) bond motifs is 1. The summed E-state index contributed by atoms with van der Waals surface area (Å²) in [7, 11) is 1.47. The van der Waals surface area contributed by atoms with Gasteiger partial charge in [0.25, 0.3) is 5.56 Å². The highest BCUT2D eigenvalue weighted by molar-refractivity contribution is 8.00. The lowest BCUT2D eigenvalue weighted by Gasteiger charge is -2.15. The smallest absolute Gasteiger partial charge is 0.337 e. The maximum Gasteiger partial charge on any atom is 0.337 e. The number of thioether (sulfide) groups is 1. The molecule has 0 aliphatic carbocycles. The highest BCUT2D eigenvalue weighted by Crippen LogP contribution is 2.26. The summed E-state index contributed by atoms with van der Waals surface area (Å²) in [5.41, 5.74) is -0.572. The Labute approximate surface area is 175 Å². The second-order valence-corrected chi connectivity index (χ2v) is 8.45. The first-order chi connectivity index (χ1) is 13.9. The van der Waals surface area contributed by atoms with Gasteiger partial charge >= 0.3 is 5.69 Å². The zero-order chi connectivity index (χ0) is 21.1. The van der Waals surface area contributed by atoms with E-state index in [9.17, 15) is 14.4 Å². The first-order valence-electron chi connectivity index (χ1n) is 9.04. The molecule has 8 nitrogen and oxygen atoms in total. The average molecular weight is 435 g/mol. The van der Waals surface area contributed by atoms with Crippen LogP contribution in [0.1, 0.15) is 20.3 Å². The average Bonchev–Trinajstić information content (AvgIpc) is 3.16. The summed E-state index contributed by atoms with van der Waals surface area (Å²) in [6.45, 7) is 3.62. The van der Waals surface area contributed by atoms with Gasteiger partial charge in [-0.25, -0.2) is 14.3 Å². The molecule has 1 aromatic carbocycles. The van der Waals surface area contributed by atoms with Crippen LogP contribution < -0.4 is 21.3 Å². The number of ether oxygens (including phenoxy) is 1. The first-order valence-corrected chi connectivity index (χ1v) is 11.1. The molecule has 154 valence electrons. The van der Waals surface area contributed by atoms with Gasteiger partial charge in [0.05, 0.1) is 12.8 Å². The van der Waals surface area contributed by atoms with Crippen LogP contribution in [-0.2, 0) is 11.3 Å². The van der Waals surface area contributed by atoms with Crippen LogP contribution in [-0.4, -0.2) is 39.4 Å². The van der Waals surface area contributed by atoms with Gasteiger partial charge in [0.2, 0.25) is 5.91 Å². The number of nitrogens with zero attached hydrogens (tertiary/aromatic N) is 3. The van der Waals surface area contributed by atoms with Crippen molar-refractivity contribution in [1.82, 2.24) is 19.4 Å². The van der Waals surface area contributed by atoms with E-state index in [2.05, 4.69) is 10.3 Å². The van der Waals surface area contributed by atoms with E-state index in [1.807, 2.05) is 20.1 Å². The summed E-state index contributed by atoms with van der Waals surface area (Å²) < 4.78 is 8.58. The van der Waals surface area contributed by atoms with E-state index >= 15 is 0 Å². The van der Waals surface area contributed by atoms with Crippen molar-refractivity contribution in [2.24, 2.45) is 0 Å². The lowest BCUT2D eigenvalue weighted by Crippen LogP contribution is -2.43. The third kappa shape index (κ3) is 4.08. The fraction of sp³-hybridized carbons (Fsp3) is 0.368. The van der Waals surface area contributed by atoms with Crippen LogP contribution >= 0.6 is 23.1 Å². The summed E-state index contributed by atoms with van der Waals surface area (Å²) >= 11 is 2.58. The number of nitrogens with one attached hydrogen (secondary N) is 1. The van der Waals surface area contributed by atoms with Gasteiger partial charge in [0, 0.05) is 6.04 Å². The number of carbonyl (C=O) groups is 1. The predicted molar refractivity (Wildman–Crippen MR) is 116 cm³/mol. The Bertz CT molecular complexity index is 1170. The maximum atomic E-state index is 13.3. The Morgan fingerprint density at radius 1 is 1.34 bits per heavy atom. The third-order valence-corrected chi connectivity index (χ3v) is 6.50. The summed E-state index contributed by atoms with van der Waals surface area (Å²) in [5, 5.41) is 2.85. The van der Waals surface area contributed by atoms with Crippen molar-refractivity contribution in [2.45, 2.75) is 37.2 Å². The normalized spacial score (nSPS) is 12.1. The molecule has 0 aliphatic rings. The molecule has 0 aliphatic heterocycles. The Hall–Kier alpha value is -2.59. The third-order valence-electron chi connectivity index (χ3n) is 4.49. The number of amides is 1. The monoisotopic (exact) mass is 434 g/mol. The van der Waals surface area contributed by atoms with Gasteiger partial charge in [-0.2, -0.15) is 0 Å². The van der Waals surface area contributed by atoms with E-state index in [0.717, 1.165) is 11.0 Å². The fourth-order valence-electron chi connectivity index (χ4n) is 2.84. The van der Waals surface area contributed by atoms with Crippen LogP contribution in [0.2, 0.25) is 0 Å². The molecule has 3 rings (SSSR count). The Kier molecular flexibility index (Phi) is 6.43. The molecule has 1 atom stereocenters. The molecule has 10 heteroatoms. The van der Waals surface area contributed by atoms with Gasteiger partial charge < -0.3 is 10.1 Å². The van der Waals surface area contributed by atoms with Crippen LogP contribution in [0.15, 0.2) is 38.2 Å². The molecule has 1 N–H and O–H groups in total. The summed E-state index contributed by atoms with van der Waals surface area (Å²) in [5.74, 6) is 0.0722. The van der Waals surface area contributed by atoms with Crippen molar-refractivity contribution in [1.29, 1.82) is 0 Å². The number of methoxy groups -OCH3 is 1. The lowest BCUT2D eigenvalue weighted by atomic mass is 10.2. The zero-order valence-electron chi connectivity index (χ0n) is 16.6. The van der Waals surface area contributed by atoms with E-state index < -0.39 is 11.2 Å². The standard InChI is InChI=1S/C19H22N4O4S2/c1-5-11(2)20-14(24)10-22-16-15(29-18(21-16)28-4)17(25)23(19(22)26)12-8-6-7-9-13(12)27-3/h6-9,11H,5,10H2,1-4H3,(H,20,24). The Morgan fingerprint density at radius 2 is 2.07 bits per heavy atom. The number of hydrogen-bond donors (Lipinski definition) is 1. The minimum atomic E-state index is -0.635. The molecule has 0 fully saturated rings. The number of carbonyl (C=O) groups excluding carboxylic acids is 1. The molecular formula is C19H22N4O4S2. The van der Waals surface area contributed by atoms with Gasteiger partial charge in [-0.1, -0.05) is 30.8 Å². The minimum Gasteiger partial charge on any atom is -0.495 e. The Balaban J connectivity index is 2.27. The highest BCUT2D eigenvalue weighted by atomic mass is 32.2. The van der Waals surface area contributed by atoms with Crippen LogP contribution in [0, 0.1) is 0 Å². The van der Waals surface area contributed by atoms with Gasteiger partial charge in [0.15, 0.2) is 9.99 Å². The molecule has 0 saturated heterocycles. The molecule has 0 spiro atoms. The quantitative estimate of drug-likeness (QED) is 0.573. The molecule has 0 saturated carbocycles. The van der Waals surface area contributed by atoms with Crippen molar-refractivity contribution in [3.8, 4) is 11.4 Å². The number of hydrogen-bond acceptors (Lipinski definition) is 7. The molecule has 2 aromatic heterocycles. The second kappa shape index (κ2) is 8.83. The molecule has 2 heterocycles. The van der Waals surface area contributed by atoms with Crippen LogP contribution in [0.4, 0.5) is 0 Å². The van der Waals surface area contributed by atoms with Gasteiger partial charge in [0.1, 0.15) is 17.0 Å². The molecular weight excluding hydrogens is 412 g/mol. The predicted octanol–water partition coefficient (Wildman–Crippen LogP) is 2.25. The minimum absolute atomic E-state index is 0.0222. The number of aromatic nitrogens is 3. The van der Waals surface area contributed by atoms with Crippen molar-refractivity contribution in [3.63, 3.8) is 0 Å². The number of thiazole rings is 1. The lowest BCUT2D eigenvalue weighted by molar-refractivity contribution is -0.122. The van der Waals surface area contributed by atoms with Gasteiger partial charge in [-0.15, -0.1) is 11.3 Å². The molecule has 1 unspecified atom stereocenters. The first kappa shape index (κ1) is 21.1. The molecule has 0 bridgehead atoms. The van der Waals surface area contributed by atoms with E-state index in [0.29, 0.717) is 20.5 Å². The van der Waals surface area contributed by atoms with Crippen molar-refractivity contribution in [2.75, 3.05) is 13.4 Å². The largest absolute Gasteiger partial charge is 0.495 e. The highest BCUT2D eigenvalue weighted by Gasteiger charge is 2.22. The van der Waals surface area contributed by atoms with Crippen molar-refractivity contribution < 1.29 is 9.53 Å². The van der Waals surface area contributed by atoms with E-state index in [1.165, 1.54) is 34.8 Å². The number of para-hydroxylation sites is 2. The van der Waals surface area contributed by atoms with Crippen LogP contribution in [0.3, 0.4) is 0 Å². The summed E-state index contributed by atoms with van der Waals surface area (Å²) in [6, 6.07) is 6.75.